The van der Waals surface area contributed by atoms with Crippen LogP contribution in [0.3, 0.4) is 0 Å². The summed E-state index contributed by atoms with van der Waals surface area (Å²) >= 11 is 5.51. The van der Waals surface area contributed by atoms with Crippen molar-refractivity contribution in [2.45, 2.75) is 13.0 Å². The number of aliphatic hydroxyl groups excluding tert-OH is 1. The summed E-state index contributed by atoms with van der Waals surface area (Å²) in [6, 6.07) is 7.29. The lowest BCUT2D eigenvalue weighted by Crippen LogP contribution is -1.98. The van der Waals surface area contributed by atoms with Crippen LogP contribution < -0.4 is 4.74 Å². The van der Waals surface area contributed by atoms with Gasteiger partial charge in [0.2, 0.25) is 0 Å². The van der Waals surface area contributed by atoms with Crippen LogP contribution >= 0.6 is 11.6 Å². The Hall–Kier alpha value is -0.730. The molecule has 0 heterocycles. The van der Waals surface area contributed by atoms with Crippen LogP contribution in [0.4, 0.5) is 0 Å². The fourth-order valence-electron chi connectivity index (χ4n) is 1.04. The van der Waals surface area contributed by atoms with Crippen LogP contribution in [-0.2, 0) is 0 Å². The maximum Gasteiger partial charge on any atom is 0.119 e. The highest BCUT2D eigenvalue weighted by molar-refractivity contribution is 6.18. The van der Waals surface area contributed by atoms with Gasteiger partial charge in [-0.15, -0.1) is 11.6 Å². The van der Waals surface area contributed by atoms with E-state index in [1.54, 1.807) is 0 Å². The topological polar surface area (TPSA) is 29.5 Å². The Labute approximate surface area is 83.1 Å². The first kappa shape index (κ1) is 10.4. The zero-order valence-electron chi connectivity index (χ0n) is 7.53. The van der Waals surface area contributed by atoms with Gasteiger partial charge < -0.3 is 9.84 Å². The highest BCUT2D eigenvalue weighted by Crippen LogP contribution is 2.18. The van der Waals surface area contributed by atoms with Crippen molar-refractivity contribution in [3.05, 3.63) is 29.8 Å². The molecule has 1 unspecified atom stereocenters. The van der Waals surface area contributed by atoms with Crippen molar-refractivity contribution in [1.82, 2.24) is 0 Å². The van der Waals surface area contributed by atoms with Gasteiger partial charge in [-0.1, -0.05) is 12.1 Å². The van der Waals surface area contributed by atoms with E-state index in [0.29, 0.717) is 6.61 Å². The molecule has 0 aromatic heterocycles. The second kappa shape index (κ2) is 5.10. The Morgan fingerprint density at radius 1 is 1.38 bits per heavy atom. The molecule has 0 fully saturated rings. The van der Waals surface area contributed by atoms with Crippen LogP contribution in [0.15, 0.2) is 24.3 Å². The first-order chi connectivity index (χ1) is 6.27. The molecule has 1 aromatic rings. The molecule has 1 rings (SSSR count). The molecule has 3 heteroatoms. The molecule has 0 saturated heterocycles. The fourth-order valence-corrected chi connectivity index (χ4v) is 1.22. The molecule has 13 heavy (non-hydrogen) atoms. The van der Waals surface area contributed by atoms with Crippen LogP contribution in [0, 0.1) is 0 Å². The van der Waals surface area contributed by atoms with Crippen molar-refractivity contribution in [2.75, 3.05) is 12.5 Å². The van der Waals surface area contributed by atoms with Crippen molar-refractivity contribution >= 4 is 11.6 Å². The van der Waals surface area contributed by atoms with E-state index in [-0.39, 0.29) is 5.88 Å². The number of rotatable bonds is 4. The minimum Gasteiger partial charge on any atom is -0.494 e. The van der Waals surface area contributed by atoms with Gasteiger partial charge in [0.05, 0.1) is 18.6 Å². The number of alkyl halides is 1. The number of benzene rings is 1. The molecule has 0 aliphatic heterocycles. The zero-order valence-corrected chi connectivity index (χ0v) is 8.29. The van der Waals surface area contributed by atoms with Crippen molar-refractivity contribution < 1.29 is 9.84 Å². The summed E-state index contributed by atoms with van der Waals surface area (Å²) in [5.74, 6) is 1.03. The molecule has 72 valence electrons. The van der Waals surface area contributed by atoms with Gasteiger partial charge in [0.25, 0.3) is 0 Å². The van der Waals surface area contributed by atoms with Crippen LogP contribution in [0.25, 0.3) is 0 Å². The summed E-state index contributed by atoms with van der Waals surface area (Å²) in [5.41, 5.74) is 0.818. The fraction of sp³-hybridized carbons (Fsp3) is 0.400. The molecular weight excluding hydrogens is 188 g/mol. The third kappa shape index (κ3) is 2.90. The van der Waals surface area contributed by atoms with Gasteiger partial charge in [0, 0.05) is 0 Å². The van der Waals surface area contributed by atoms with Gasteiger partial charge in [0.1, 0.15) is 5.75 Å². The minimum absolute atomic E-state index is 0.216. The quantitative estimate of drug-likeness (QED) is 0.757. The molecule has 2 nitrogen and oxygen atoms in total. The van der Waals surface area contributed by atoms with Crippen LogP contribution in [0.1, 0.15) is 18.6 Å². The van der Waals surface area contributed by atoms with E-state index >= 15 is 0 Å². The first-order valence-corrected chi connectivity index (χ1v) is 4.78. The molecule has 0 amide bonds. The summed E-state index contributed by atoms with van der Waals surface area (Å²) in [6.45, 7) is 2.58. The zero-order chi connectivity index (χ0) is 9.68. The van der Waals surface area contributed by atoms with Gasteiger partial charge in [0.15, 0.2) is 0 Å². The minimum atomic E-state index is -0.586. The van der Waals surface area contributed by atoms with Crippen LogP contribution in [0.2, 0.25) is 0 Å². The smallest absolute Gasteiger partial charge is 0.119 e. The lowest BCUT2D eigenvalue weighted by molar-refractivity contribution is 0.202. The van der Waals surface area contributed by atoms with Gasteiger partial charge in [-0.25, -0.2) is 0 Å². The third-order valence-corrected chi connectivity index (χ3v) is 2.01. The molecular formula is C10H13ClO2. The summed E-state index contributed by atoms with van der Waals surface area (Å²) in [6.07, 6.45) is -0.586. The second-order valence-electron chi connectivity index (χ2n) is 2.67. The third-order valence-electron chi connectivity index (χ3n) is 1.72. The lowest BCUT2D eigenvalue weighted by atomic mass is 10.1. The Morgan fingerprint density at radius 3 is 2.46 bits per heavy atom. The van der Waals surface area contributed by atoms with E-state index < -0.39 is 6.10 Å². The maximum absolute atomic E-state index is 9.38. The summed E-state index contributed by atoms with van der Waals surface area (Å²) in [4.78, 5) is 0. The van der Waals surface area contributed by atoms with E-state index in [1.165, 1.54) is 0 Å². The van der Waals surface area contributed by atoms with Gasteiger partial charge in [-0.05, 0) is 24.6 Å². The number of hydrogen-bond acceptors (Lipinski definition) is 2. The number of hydrogen-bond donors (Lipinski definition) is 1. The molecule has 1 atom stereocenters. The summed E-state index contributed by atoms with van der Waals surface area (Å²) < 4.78 is 5.26. The Kier molecular flexibility index (Phi) is 4.06. The Bertz CT molecular complexity index is 246. The Morgan fingerprint density at radius 2 is 2.00 bits per heavy atom. The average molecular weight is 201 g/mol. The summed E-state index contributed by atoms with van der Waals surface area (Å²) in [5, 5.41) is 9.38. The molecule has 0 spiro atoms. The van der Waals surface area contributed by atoms with Gasteiger partial charge in [-0.2, -0.15) is 0 Å². The van der Waals surface area contributed by atoms with Crippen molar-refractivity contribution in [3.63, 3.8) is 0 Å². The lowest BCUT2D eigenvalue weighted by Gasteiger charge is -2.08. The van der Waals surface area contributed by atoms with Crippen LogP contribution in [0.5, 0.6) is 5.75 Å². The standard InChI is InChI=1S/C10H13ClO2/c1-2-13-9-5-3-8(4-6-9)10(12)7-11/h3-6,10,12H,2,7H2,1H3. The maximum atomic E-state index is 9.38. The van der Waals surface area contributed by atoms with E-state index in [9.17, 15) is 5.11 Å². The second-order valence-corrected chi connectivity index (χ2v) is 2.98. The van der Waals surface area contributed by atoms with E-state index in [1.807, 2.05) is 31.2 Å². The first-order valence-electron chi connectivity index (χ1n) is 4.24. The molecule has 0 saturated carbocycles. The Balaban J connectivity index is 2.69. The predicted octanol–water partition coefficient (Wildman–Crippen LogP) is 2.36. The largest absolute Gasteiger partial charge is 0.494 e. The predicted molar refractivity (Wildman–Crippen MR) is 53.3 cm³/mol. The van der Waals surface area contributed by atoms with Crippen molar-refractivity contribution in [3.8, 4) is 5.75 Å². The molecule has 0 aliphatic carbocycles. The molecule has 0 bridgehead atoms. The number of ether oxygens (including phenoxy) is 1. The molecule has 1 aromatic carbocycles. The SMILES string of the molecule is CCOc1ccc(C(O)CCl)cc1. The van der Waals surface area contributed by atoms with Crippen molar-refractivity contribution in [2.24, 2.45) is 0 Å². The monoisotopic (exact) mass is 200 g/mol. The number of halogens is 1. The van der Waals surface area contributed by atoms with Gasteiger partial charge >= 0.3 is 0 Å². The van der Waals surface area contributed by atoms with E-state index in [0.717, 1.165) is 11.3 Å². The molecule has 1 N–H and O–H groups in total. The van der Waals surface area contributed by atoms with E-state index in [4.69, 9.17) is 16.3 Å². The molecule has 0 radical (unpaired) electrons. The van der Waals surface area contributed by atoms with Gasteiger partial charge in [-0.3, -0.25) is 0 Å². The number of aliphatic hydroxyl groups is 1. The highest BCUT2D eigenvalue weighted by atomic mass is 35.5. The normalized spacial score (nSPS) is 12.5. The average Bonchev–Trinajstić information content (AvgIpc) is 2.18. The van der Waals surface area contributed by atoms with Crippen molar-refractivity contribution in [1.29, 1.82) is 0 Å². The molecule has 0 aliphatic rings. The summed E-state index contributed by atoms with van der Waals surface area (Å²) in [7, 11) is 0. The highest BCUT2D eigenvalue weighted by Gasteiger charge is 2.04. The van der Waals surface area contributed by atoms with E-state index in [2.05, 4.69) is 0 Å². The van der Waals surface area contributed by atoms with Crippen LogP contribution in [-0.4, -0.2) is 17.6 Å².